The summed E-state index contributed by atoms with van der Waals surface area (Å²) in [5.41, 5.74) is 7.71. The highest BCUT2D eigenvalue weighted by molar-refractivity contribution is 5.86. The molecule has 2 aromatic rings. The van der Waals surface area contributed by atoms with Gasteiger partial charge in [-0.1, -0.05) is 35.0 Å². The second kappa shape index (κ2) is 7.98. The fraction of sp³-hybridized carbons (Fsp3) is 0.550. The summed E-state index contributed by atoms with van der Waals surface area (Å²) < 4.78 is 10.8. The van der Waals surface area contributed by atoms with Crippen LogP contribution in [0.25, 0.3) is 11.4 Å². The predicted octanol–water partition coefficient (Wildman–Crippen LogP) is 1.20. The molecule has 0 saturated carbocycles. The largest absolute Gasteiger partial charge is 0.381 e. The molecule has 8 nitrogen and oxygen atoms in total. The molecule has 8 heteroatoms. The van der Waals surface area contributed by atoms with Gasteiger partial charge in [0.2, 0.25) is 17.6 Å². The summed E-state index contributed by atoms with van der Waals surface area (Å²) in [4.78, 5) is 21.4. The Morgan fingerprint density at radius 2 is 1.82 bits per heavy atom. The number of piperazine rings is 1. The molecule has 2 aliphatic rings. The van der Waals surface area contributed by atoms with Crippen LogP contribution in [0.1, 0.15) is 24.3 Å². The summed E-state index contributed by atoms with van der Waals surface area (Å²) in [6, 6.07) is 8.05. The first-order valence-electron chi connectivity index (χ1n) is 9.81. The molecule has 2 aliphatic heterocycles. The minimum absolute atomic E-state index is 0.0508. The van der Waals surface area contributed by atoms with E-state index >= 15 is 0 Å². The quantitative estimate of drug-likeness (QED) is 0.844. The van der Waals surface area contributed by atoms with E-state index in [-0.39, 0.29) is 5.91 Å². The molecule has 1 aromatic carbocycles. The summed E-state index contributed by atoms with van der Waals surface area (Å²) in [6.07, 6.45) is 1.19. The van der Waals surface area contributed by atoms with Crippen LogP contribution in [-0.4, -0.2) is 70.8 Å². The molecular formula is C20H27N5O3. The van der Waals surface area contributed by atoms with Crippen LogP contribution in [0.15, 0.2) is 28.8 Å². The van der Waals surface area contributed by atoms with Crippen molar-refractivity contribution in [2.45, 2.75) is 31.8 Å². The third kappa shape index (κ3) is 4.09. The van der Waals surface area contributed by atoms with Gasteiger partial charge < -0.3 is 19.9 Å². The zero-order valence-corrected chi connectivity index (χ0v) is 16.3. The monoisotopic (exact) mass is 385 g/mol. The van der Waals surface area contributed by atoms with E-state index in [9.17, 15) is 4.79 Å². The topological polar surface area (TPSA) is 97.7 Å². The van der Waals surface area contributed by atoms with Crippen molar-refractivity contribution >= 4 is 5.91 Å². The van der Waals surface area contributed by atoms with Gasteiger partial charge >= 0.3 is 0 Å². The van der Waals surface area contributed by atoms with Crippen LogP contribution < -0.4 is 5.73 Å². The van der Waals surface area contributed by atoms with E-state index in [1.165, 1.54) is 5.56 Å². The van der Waals surface area contributed by atoms with Gasteiger partial charge in [0.05, 0.1) is 12.1 Å². The second-order valence-corrected chi connectivity index (χ2v) is 7.71. The molecule has 0 spiro atoms. The third-order valence-electron chi connectivity index (χ3n) is 5.61. The van der Waals surface area contributed by atoms with Gasteiger partial charge in [-0.25, -0.2) is 0 Å². The van der Waals surface area contributed by atoms with E-state index in [0.717, 1.165) is 18.7 Å². The highest BCUT2D eigenvalue weighted by Crippen LogP contribution is 2.22. The average Bonchev–Trinajstić information content (AvgIpc) is 3.17. The molecule has 0 aliphatic carbocycles. The van der Waals surface area contributed by atoms with Gasteiger partial charge in [0, 0.05) is 45.0 Å². The zero-order chi connectivity index (χ0) is 19.6. The van der Waals surface area contributed by atoms with Gasteiger partial charge in [-0.2, -0.15) is 4.98 Å². The summed E-state index contributed by atoms with van der Waals surface area (Å²) in [7, 11) is 0. The number of amides is 1. The van der Waals surface area contributed by atoms with Crippen LogP contribution in [0.5, 0.6) is 0 Å². The molecule has 3 heterocycles. The van der Waals surface area contributed by atoms with Crippen LogP contribution >= 0.6 is 0 Å². The van der Waals surface area contributed by atoms with Crippen molar-refractivity contribution in [3.05, 3.63) is 35.7 Å². The maximum atomic E-state index is 12.8. The van der Waals surface area contributed by atoms with Crippen molar-refractivity contribution in [3.8, 4) is 11.4 Å². The summed E-state index contributed by atoms with van der Waals surface area (Å²) in [6.45, 7) is 6.61. The summed E-state index contributed by atoms with van der Waals surface area (Å²) in [5.74, 6) is 1.25. The van der Waals surface area contributed by atoms with Crippen molar-refractivity contribution < 1.29 is 14.1 Å². The van der Waals surface area contributed by atoms with E-state index in [1.54, 1.807) is 0 Å². The average molecular weight is 385 g/mol. The number of rotatable bonds is 4. The Kier molecular flexibility index (Phi) is 5.43. The maximum absolute atomic E-state index is 12.8. The molecule has 0 atom stereocenters. The fourth-order valence-corrected chi connectivity index (χ4v) is 3.70. The highest BCUT2D eigenvalue weighted by Gasteiger charge is 2.39. The fourth-order valence-electron chi connectivity index (χ4n) is 3.70. The van der Waals surface area contributed by atoms with Crippen LogP contribution in [0.3, 0.4) is 0 Å². The Morgan fingerprint density at radius 1 is 1.14 bits per heavy atom. The van der Waals surface area contributed by atoms with Gasteiger partial charge in [-0.3, -0.25) is 9.69 Å². The molecule has 2 saturated heterocycles. The number of aromatic nitrogens is 2. The minimum atomic E-state index is -0.768. The first kappa shape index (κ1) is 19.0. The lowest BCUT2D eigenvalue weighted by atomic mass is 9.89. The molecule has 0 radical (unpaired) electrons. The van der Waals surface area contributed by atoms with E-state index < -0.39 is 5.54 Å². The molecule has 4 rings (SSSR count). The first-order valence-corrected chi connectivity index (χ1v) is 9.81. The minimum Gasteiger partial charge on any atom is -0.381 e. The van der Waals surface area contributed by atoms with Crippen molar-refractivity contribution in [1.82, 2.24) is 19.9 Å². The Morgan fingerprint density at radius 3 is 2.50 bits per heavy atom. The number of hydrogen-bond donors (Lipinski definition) is 1. The normalized spacial score (nSPS) is 20.3. The van der Waals surface area contributed by atoms with Crippen molar-refractivity contribution in [2.75, 3.05) is 39.4 Å². The van der Waals surface area contributed by atoms with Crippen LogP contribution in [0.2, 0.25) is 0 Å². The van der Waals surface area contributed by atoms with Crippen LogP contribution in [-0.2, 0) is 16.1 Å². The van der Waals surface area contributed by atoms with Gasteiger partial charge in [0.25, 0.3) is 0 Å². The van der Waals surface area contributed by atoms with Crippen molar-refractivity contribution in [1.29, 1.82) is 0 Å². The number of hydrogen-bond acceptors (Lipinski definition) is 7. The SMILES string of the molecule is Cc1ccc(-c2noc(CN3CCN(C(=O)C4(N)CCOCC4)CC3)n2)cc1. The number of carbonyl (C=O) groups is 1. The molecule has 1 amide bonds. The Hall–Kier alpha value is -2.29. The Bertz CT molecular complexity index is 806. The van der Waals surface area contributed by atoms with Gasteiger partial charge in [0.1, 0.15) is 0 Å². The lowest BCUT2D eigenvalue weighted by Gasteiger charge is -2.40. The van der Waals surface area contributed by atoms with Gasteiger partial charge in [-0.15, -0.1) is 0 Å². The van der Waals surface area contributed by atoms with Crippen molar-refractivity contribution in [2.24, 2.45) is 5.73 Å². The van der Waals surface area contributed by atoms with Crippen molar-refractivity contribution in [3.63, 3.8) is 0 Å². The molecule has 2 N–H and O–H groups in total. The first-order chi connectivity index (χ1) is 13.5. The number of nitrogens with two attached hydrogens (primary N) is 1. The number of aryl methyl sites for hydroxylation is 1. The number of benzene rings is 1. The predicted molar refractivity (Wildman–Crippen MR) is 103 cm³/mol. The second-order valence-electron chi connectivity index (χ2n) is 7.71. The van der Waals surface area contributed by atoms with Crippen LogP contribution in [0, 0.1) is 6.92 Å². The lowest BCUT2D eigenvalue weighted by molar-refractivity contribution is -0.142. The Labute approximate surface area is 164 Å². The number of nitrogens with zero attached hydrogens (tertiary/aromatic N) is 4. The van der Waals surface area contributed by atoms with Gasteiger partial charge in [-0.05, 0) is 19.8 Å². The maximum Gasteiger partial charge on any atom is 0.242 e. The molecule has 2 fully saturated rings. The third-order valence-corrected chi connectivity index (χ3v) is 5.61. The molecule has 0 bridgehead atoms. The smallest absolute Gasteiger partial charge is 0.242 e. The highest BCUT2D eigenvalue weighted by atomic mass is 16.5. The molecule has 150 valence electrons. The standard InChI is InChI=1S/C20H27N5O3/c1-15-2-4-16(5-3-15)18-22-17(28-23-18)14-24-8-10-25(11-9-24)19(26)20(21)6-12-27-13-7-20/h2-5H,6-14,21H2,1H3. The molecule has 28 heavy (non-hydrogen) atoms. The number of carbonyl (C=O) groups excluding carboxylic acids is 1. The lowest BCUT2D eigenvalue weighted by Crippen LogP contribution is -2.61. The summed E-state index contributed by atoms with van der Waals surface area (Å²) >= 11 is 0. The molecule has 0 unspecified atom stereocenters. The van der Waals surface area contributed by atoms with Crippen LogP contribution in [0.4, 0.5) is 0 Å². The van der Waals surface area contributed by atoms with E-state index in [4.69, 9.17) is 15.0 Å². The zero-order valence-electron chi connectivity index (χ0n) is 16.3. The summed E-state index contributed by atoms with van der Waals surface area (Å²) in [5, 5.41) is 4.09. The Balaban J connectivity index is 1.31. The van der Waals surface area contributed by atoms with E-state index in [0.29, 0.717) is 57.4 Å². The van der Waals surface area contributed by atoms with E-state index in [1.807, 2.05) is 36.1 Å². The van der Waals surface area contributed by atoms with E-state index in [2.05, 4.69) is 15.0 Å². The van der Waals surface area contributed by atoms with Gasteiger partial charge in [0.15, 0.2) is 0 Å². The number of ether oxygens (including phenoxy) is 1. The molecule has 1 aromatic heterocycles. The molecular weight excluding hydrogens is 358 g/mol.